The number of hydrogen-bond donors (Lipinski definition) is 2. The van der Waals surface area contributed by atoms with E-state index in [4.69, 9.17) is 0 Å². The zero-order valence-corrected chi connectivity index (χ0v) is 15.6. The number of benzene rings is 1. The van der Waals surface area contributed by atoms with E-state index < -0.39 is 11.9 Å². The first-order valence-electron chi connectivity index (χ1n) is 9.58. The van der Waals surface area contributed by atoms with Crippen molar-refractivity contribution < 1.29 is 18.0 Å². The summed E-state index contributed by atoms with van der Waals surface area (Å²) in [5, 5.41) is 6.40. The van der Waals surface area contributed by atoms with Gasteiger partial charge in [-0.25, -0.2) is 4.98 Å². The van der Waals surface area contributed by atoms with Gasteiger partial charge < -0.3 is 10.6 Å². The predicted octanol–water partition coefficient (Wildman–Crippen LogP) is 4.51. The number of nitrogens with zero attached hydrogens (tertiary/aromatic N) is 2. The van der Waals surface area contributed by atoms with E-state index in [-0.39, 0.29) is 23.6 Å². The van der Waals surface area contributed by atoms with Crippen LogP contribution in [-0.4, -0.2) is 27.4 Å². The average molecular weight is 402 g/mol. The first kappa shape index (κ1) is 19.3. The molecule has 1 saturated carbocycles. The summed E-state index contributed by atoms with van der Waals surface area (Å²) in [5.41, 5.74) is -0.00905. The number of hydrogen-bond acceptors (Lipinski definition) is 3. The smallest absolute Gasteiger partial charge is 0.368 e. The SMILES string of the molecule is O=C(N[C@H]1CC[C@@H](Nc2cccc3nc(C(F)(F)F)cn23)CC1)c1ccccc1. The fourth-order valence-electron chi connectivity index (χ4n) is 3.71. The molecule has 1 aliphatic carbocycles. The molecule has 5 nitrogen and oxygen atoms in total. The zero-order chi connectivity index (χ0) is 20.4. The lowest BCUT2D eigenvalue weighted by Crippen LogP contribution is -2.40. The van der Waals surface area contributed by atoms with E-state index in [2.05, 4.69) is 15.6 Å². The molecule has 2 N–H and O–H groups in total. The van der Waals surface area contributed by atoms with Crippen molar-refractivity contribution >= 4 is 17.4 Å². The van der Waals surface area contributed by atoms with Gasteiger partial charge in [-0.15, -0.1) is 0 Å². The number of fused-ring (bicyclic) bond motifs is 1. The number of rotatable bonds is 4. The van der Waals surface area contributed by atoms with Gasteiger partial charge in [0, 0.05) is 23.8 Å². The van der Waals surface area contributed by atoms with Crippen molar-refractivity contribution in [2.45, 2.75) is 43.9 Å². The monoisotopic (exact) mass is 402 g/mol. The lowest BCUT2D eigenvalue weighted by molar-refractivity contribution is -0.140. The number of halogens is 3. The Balaban J connectivity index is 1.37. The Labute approximate surface area is 165 Å². The van der Waals surface area contributed by atoms with Crippen LogP contribution in [0.25, 0.3) is 5.65 Å². The Kier molecular flexibility index (Phi) is 5.17. The Morgan fingerprint density at radius 2 is 1.66 bits per heavy atom. The summed E-state index contributed by atoms with van der Waals surface area (Å²) in [6, 6.07) is 14.3. The van der Waals surface area contributed by atoms with Crippen LogP contribution in [0.5, 0.6) is 0 Å². The highest BCUT2D eigenvalue weighted by atomic mass is 19.4. The summed E-state index contributed by atoms with van der Waals surface area (Å²) in [7, 11) is 0. The molecular weight excluding hydrogens is 381 g/mol. The average Bonchev–Trinajstić information content (AvgIpc) is 3.16. The van der Waals surface area contributed by atoms with Crippen molar-refractivity contribution in [3.8, 4) is 0 Å². The molecule has 1 fully saturated rings. The molecule has 2 heterocycles. The lowest BCUT2D eigenvalue weighted by atomic mass is 9.91. The molecule has 0 spiro atoms. The molecule has 8 heteroatoms. The number of aromatic nitrogens is 2. The maximum Gasteiger partial charge on any atom is 0.434 e. The number of imidazole rings is 1. The van der Waals surface area contributed by atoms with Gasteiger partial charge in [0.2, 0.25) is 0 Å². The molecule has 0 unspecified atom stereocenters. The Hall–Kier alpha value is -3.03. The molecule has 4 rings (SSSR count). The fraction of sp³-hybridized carbons (Fsp3) is 0.333. The minimum Gasteiger partial charge on any atom is -0.368 e. The number of alkyl halides is 3. The van der Waals surface area contributed by atoms with Crippen molar-refractivity contribution in [3.05, 3.63) is 66.0 Å². The van der Waals surface area contributed by atoms with Crippen LogP contribution in [0.2, 0.25) is 0 Å². The Bertz CT molecular complexity index is 992. The minimum absolute atomic E-state index is 0.0788. The van der Waals surface area contributed by atoms with E-state index in [1.54, 1.807) is 30.3 Å². The molecule has 0 saturated heterocycles. The molecule has 0 bridgehead atoms. The van der Waals surface area contributed by atoms with E-state index in [1.165, 1.54) is 4.40 Å². The van der Waals surface area contributed by atoms with Crippen molar-refractivity contribution in [2.75, 3.05) is 5.32 Å². The summed E-state index contributed by atoms with van der Waals surface area (Å²) in [6.07, 6.45) is -0.205. The first-order valence-corrected chi connectivity index (χ1v) is 9.58. The highest BCUT2D eigenvalue weighted by molar-refractivity contribution is 5.94. The van der Waals surface area contributed by atoms with E-state index >= 15 is 0 Å². The van der Waals surface area contributed by atoms with Gasteiger partial charge >= 0.3 is 6.18 Å². The molecule has 152 valence electrons. The second kappa shape index (κ2) is 7.77. The number of amides is 1. The molecule has 0 radical (unpaired) electrons. The quantitative estimate of drug-likeness (QED) is 0.675. The van der Waals surface area contributed by atoms with Crippen LogP contribution in [0.3, 0.4) is 0 Å². The molecule has 29 heavy (non-hydrogen) atoms. The van der Waals surface area contributed by atoms with Crippen LogP contribution in [0.15, 0.2) is 54.7 Å². The van der Waals surface area contributed by atoms with Gasteiger partial charge in [-0.1, -0.05) is 24.3 Å². The largest absolute Gasteiger partial charge is 0.434 e. The second-order valence-electron chi connectivity index (χ2n) is 7.30. The summed E-state index contributed by atoms with van der Waals surface area (Å²) in [4.78, 5) is 15.9. The van der Waals surface area contributed by atoms with E-state index in [0.717, 1.165) is 31.9 Å². The molecular formula is C21H21F3N4O. The maximum atomic E-state index is 13.0. The van der Waals surface area contributed by atoms with Gasteiger partial charge in [0.15, 0.2) is 5.69 Å². The molecule has 1 amide bonds. The normalized spacial score (nSPS) is 19.8. The minimum atomic E-state index is -4.47. The molecule has 2 aromatic heterocycles. The standard InChI is InChI=1S/C21H21F3N4O/c22-21(23,24)17-13-28-18(7-4-8-19(28)27-17)25-15-9-11-16(12-10-15)26-20(29)14-5-2-1-3-6-14/h1-8,13,15-16,25H,9-12H2,(H,26,29)/t15-,16+. The Morgan fingerprint density at radius 3 is 2.34 bits per heavy atom. The zero-order valence-electron chi connectivity index (χ0n) is 15.6. The van der Waals surface area contributed by atoms with Crippen LogP contribution in [0.4, 0.5) is 19.0 Å². The van der Waals surface area contributed by atoms with Gasteiger partial charge in [0.05, 0.1) is 0 Å². The van der Waals surface area contributed by atoms with Crippen LogP contribution in [-0.2, 0) is 6.18 Å². The third kappa shape index (κ3) is 4.36. The first-order chi connectivity index (χ1) is 13.9. The number of nitrogens with one attached hydrogen (secondary N) is 2. The van der Waals surface area contributed by atoms with Crippen LogP contribution in [0.1, 0.15) is 41.7 Å². The van der Waals surface area contributed by atoms with Gasteiger partial charge in [-0.05, 0) is 49.9 Å². The van der Waals surface area contributed by atoms with Crippen molar-refractivity contribution in [2.24, 2.45) is 0 Å². The molecule has 0 aliphatic heterocycles. The topological polar surface area (TPSA) is 58.4 Å². The van der Waals surface area contributed by atoms with Gasteiger partial charge in [0.25, 0.3) is 5.91 Å². The van der Waals surface area contributed by atoms with Crippen LogP contribution in [0, 0.1) is 0 Å². The second-order valence-corrected chi connectivity index (χ2v) is 7.30. The number of carbonyl (C=O) groups is 1. The van der Waals surface area contributed by atoms with E-state index in [1.807, 2.05) is 18.2 Å². The number of anilines is 1. The summed E-state index contributed by atoms with van der Waals surface area (Å²) < 4.78 is 40.3. The molecule has 1 aromatic carbocycles. The van der Waals surface area contributed by atoms with Gasteiger partial charge in [-0.2, -0.15) is 13.2 Å². The van der Waals surface area contributed by atoms with Gasteiger partial charge in [0.1, 0.15) is 11.5 Å². The highest BCUT2D eigenvalue weighted by Crippen LogP contribution is 2.30. The fourth-order valence-corrected chi connectivity index (χ4v) is 3.71. The molecule has 0 atom stereocenters. The van der Waals surface area contributed by atoms with Gasteiger partial charge in [-0.3, -0.25) is 9.20 Å². The molecule has 1 aliphatic rings. The third-order valence-corrected chi connectivity index (χ3v) is 5.23. The van der Waals surface area contributed by atoms with Crippen molar-refractivity contribution in [1.82, 2.24) is 14.7 Å². The number of carbonyl (C=O) groups excluding carboxylic acids is 1. The summed E-state index contributed by atoms with van der Waals surface area (Å²) in [6.45, 7) is 0. The van der Waals surface area contributed by atoms with E-state index in [9.17, 15) is 18.0 Å². The Morgan fingerprint density at radius 1 is 0.966 bits per heavy atom. The van der Waals surface area contributed by atoms with Crippen molar-refractivity contribution in [1.29, 1.82) is 0 Å². The van der Waals surface area contributed by atoms with Crippen molar-refractivity contribution in [3.63, 3.8) is 0 Å². The third-order valence-electron chi connectivity index (χ3n) is 5.23. The highest BCUT2D eigenvalue weighted by Gasteiger charge is 2.34. The summed E-state index contributed by atoms with van der Waals surface area (Å²) in [5.74, 6) is 0.507. The number of pyridine rings is 1. The predicted molar refractivity (Wildman–Crippen MR) is 104 cm³/mol. The van der Waals surface area contributed by atoms with Crippen LogP contribution < -0.4 is 10.6 Å². The van der Waals surface area contributed by atoms with E-state index in [0.29, 0.717) is 11.4 Å². The summed E-state index contributed by atoms with van der Waals surface area (Å²) >= 11 is 0. The maximum absolute atomic E-state index is 13.0. The van der Waals surface area contributed by atoms with Crippen LogP contribution >= 0.6 is 0 Å². The lowest BCUT2D eigenvalue weighted by Gasteiger charge is -2.30. The molecule has 3 aromatic rings.